The summed E-state index contributed by atoms with van der Waals surface area (Å²) in [5.74, 6) is 1.70. The van der Waals surface area contributed by atoms with Crippen molar-refractivity contribution in [2.24, 2.45) is 0 Å². The van der Waals surface area contributed by atoms with E-state index in [9.17, 15) is 4.79 Å². The molecule has 1 amide bonds. The van der Waals surface area contributed by atoms with Gasteiger partial charge in [-0.05, 0) is 12.5 Å². The van der Waals surface area contributed by atoms with Crippen LogP contribution < -0.4 is 0 Å². The van der Waals surface area contributed by atoms with Gasteiger partial charge in [0.2, 0.25) is 23.4 Å². The molecule has 3 heterocycles. The molecule has 0 saturated carbocycles. The third-order valence-electron chi connectivity index (χ3n) is 3.25. The molecule has 0 aromatic carbocycles. The van der Waals surface area contributed by atoms with Crippen LogP contribution in [0.3, 0.4) is 0 Å². The number of amides is 1. The lowest BCUT2D eigenvalue weighted by Gasteiger charge is -2.37. The molecule has 1 saturated heterocycles. The molecule has 0 aliphatic carbocycles. The van der Waals surface area contributed by atoms with Crippen LogP contribution in [0.5, 0.6) is 0 Å². The van der Waals surface area contributed by atoms with Gasteiger partial charge in [-0.2, -0.15) is 4.98 Å². The first kappa shape index (κ1) is 12.7. The maximum absolute atomic E-state index is 11.7. The van der Waals surface area contributed by atoms with Gasteiger partial charge in [-0.1, -0.05) is 12.1 Å². The van der Waals surface area contributed by atoms with Gasteiger partial charge in [0.15, 0.2) is 0 Å². The molecular formula is C13H15N5O2. The lowest BCUT2D eigenvalue weighted by Crippen LogP contribution is -2.48. The normalized spacial score (nSPS) is 15.2. The van der Waals surface area contributed by atoms with Crippen LogP contribution in [0.1, 0.15) is 31.6 Å². The minimum absolute atomic E-state index is 0.126. The van der Waals surface area contributed by atoms with Crippen molar-refractivity contribution in [1.29, 1.82) is 0 Å². The Morgan fingerprint density at radius 1 is 1.35 bits per heavy atom. The van der Waals surface area contributed by atoms with E-state index in [-0.39, 0.29) is 11.8 Å². The van der Waals surface area contributed by atoms with E-state index in [1.807, 2.05) is 11.8 Å². The molecule has 7 heteroatoms. The van der Waals surface area contributed by atoms with Crippen molar-refractivity contribution in [1.82, 2.24) is 25.0 Å². The quantitative estimate of drug-likeness (QED) is 0.833. The van der Waals surface area contributed by atoms with E-state index in [0.717, 1.165) is 6.42 Å². The maximum atomic E-state index is 11.7. The lowest BCUT2D eigenvalue weighted by molar-refractivity contribution is -0.136. The van der Waals surface area contributed by atoms with Crippen molar-refractivity contribution in [3.05, 3.63) is 24.4 Å². The standard InChI is InChI=1S/C13H15N5O2/c1-2-4-10(19)18-7-9(8-18)13-16-12(17-20-13)11-14-5-3-6-15-11/h3,5-6,9H,2,4,7-8H2,1H3. The third-order valence-corrected chi connectivity index (χ3v) is 3.25. The molecule has 1 fully saturated rings. The topological polar surface area (TPSA) is 85.0 Å². The zero-order valence-electron chi connectivity index (χ0n) is 11.2. The van der Waals surface area contributed by atoms with Crippen LogP contribution in [-0.2, 0) is 4.79 Å². The Kier molecular flexibility index (Phi) is 3.41. The zero-order chi connectivity index (χ0) is 13.9. The number of hydrogen-bond acceptors (Lipinski definition) is 6. The number of likely N-dealkylation sites (tertiary alicyclic amines) is 1. The number of carbonyl (C=O) groups excluding carboxylic acids is 1. The van der Waals surface area contributed by atoms with E-state index in [1.54, 1.807) is 18.5 Å². The van der Waals surface area contributed by atoms with Gasteiger partial charge in [0.1, 0.15) is 0 Å². The van der Waals surface area contributed by atoms with Crippen molar-refractivity contribution >= 4 is 5.91 Å². The Hall–Kier alpha value is -2.31. The average molecular weight is 273 g/mol. The first-order valence-electron chi connectivity index (χ1n) is 6.66. The number of hydrogen-bond donors (Lipinski definition) is 0. The molecule has 0 atom stereocenters. The summed E-state index contributed by atoms with van der Waals surface area (Å²) in [6, 6.07) is 1.73. The monoisotopic (exact) mass is 273 g/mol. The van der Waals surface area contributed by atoms with Gasteiger partial charge in [0.25, 0.3) is 0 Å². The zero-order valence-corrected chi connectivity index (χ0v) is 11.2. The molecule has 1 aliphatic rings. The van der Waals surface area contributed by atoms with Crippen LogP contribution in [0.15, 0.2) is 23.0 Å². The summed E-state index contributed by atoms with van der Waals surface area (Å²) in [6.45, 7) is 3.30. The fraction of sp³-hybridized carbons (Fsp3) is 0.462. The summed E-state index contributed by atoms with van der Waals surface area (Å²) in [7, 11) is 0. The molecule has 3 rings (SSSR count). The summed E-state index contributed by atoms with van der Waals surface area (Å²) in [5.41, 5.74) is 0. The SMILES string of the molecule is CCCC(=O)N1CC(c2nc(-c3ncccn3)no2)C1. The highest BCUT2D eigenvalue weighted by Gasteiger charge is 2.35. The average Bonchev–Trinajstić information content (AvgIpc) is 2.88. The van der Waals surface area contributed by atoms with Crippen LogP contribution in [0.4, 0.5) is 0 Å². The Labute approximate surface area is 116 Å². The maximum Gasteiger partial charge on any atom is 0.240 e. The van der Waals surface area contributed by atoms with Gasteiger partial charge >= 0.3 is 0 Å². The van der Waals surface area contributed by atoms with Crippen LogP contribution in [-0.4, -0.2) is 44.0 Å². The predicted octanol–water partition coefficient (Wildman–Crippen LogP) is 1.25. The molecule has 20 heavy (non-hydrogen) atoms. The smallest absolute Gasteiger partial charge is 0.240 e. The second kappa shape index (κ2) is 5.36. The Morgan fingerprint density at radius 2 is 2.10 bits per heavy atom. The second-order valence-electron chi connectivity index (χ2n) is 4.77. The molecule has 0 radical (unpaired) electrons. The molecule has 0 spiro atoms. The van der Waals surface area contributed by atoms with E-state index < -0.39 is 0 Å². The van der Waals surface area contributed by atoms with Crippen molar-refractivity contribution in [2.75, 3.05) is 13.1 Å². The lowest BCUT2D eigenvalue weighted by atomic mass is 9.99. The second-order valence-corrected chi connectivity index (χ2v) is 4.77. The van der Waals surface area contributed by atoms with E-state index >= 15 is 0 Å². The highest BCUT2D eigenvalue weighted by atomic mass is 16.5. The number of carbonyl (C=O) groups is 1. The molecule has 2 aromatic rings. The highest BCUT2D eigenvalue weighted by Crippen LogP contribution is 2.27. The van der Waals surface area contributed by atoms with Crippen LogP contribution >= 0.6 is 0 Å². The molecule has 7 nitrogen and oxygen atoms in total. The van der Waals surface area contributed by atoms with Gasteiger partial charge in [-0.25, -0.2) is 9.97 Å². The largest absolute Gasteiger partial charge is 0.341 e. The number of rotatable bonds is 4. The predicted molar refractivity (Wildman–Crippen MR) is 69.6 cm³/mol. The van der Waals surface area contributed by atoms with E-state index in [2.05, 4.69) is 20.1 Å². The van der Waals surface area contributed by atoms with E-state index in [4.69, 9.17) is 4.52 Å². The molecule has 0 bridgehead atoms. The first-order chi connectivity index (χ1) is 9.78. The van der Waals surface area contributed by atoms with Gasteiger partial charge in [-0.3, -0.25) is 4.79 Å². The molecular weight excluding hydrogens is 258 g/mol. The summed E-state index contributed by atoms with van der Waals surface area (Å²) < 4.78 is 5.23. The van der Waals surface area contributed by atoms with Gasteiger partial charge in [0, 0.05) is 31.9 Å². The molecule has 2 aromatic heterocycles. The summed E-state index contributed by atoms with van der Waals surface area (Å²) in [4.78, 5) is 25.9. The fourth-order valence-electron chi connectivity index (χ4n) is 2.12. The van der Waals surface area contributed by atoms with E-state index in [0.29, 0.717) is 37.0 Å². The molecule has 1 aliphatic heterocycles. The number of nitrogens with zero attached hydrogens (tertiary/aromatic N) is 5. The van der Waals surface area contributed by atoms with Crippen molar-refractivity contribution in [3.8, 4) is 11.6 Å². The van der Waals surface area contributed by atoms with Crippen molar-refractivity contribution in [2.45, 2.75) is 25.7 Å². The third kappa shape index (κ3) is 2.38. The van der Waals surface area contributed by atoms with Gasteiger partial charge in [0.05, 0.1) is 5.92 Å². The summed E-state index contributed by atoms with van der Waals surface area (Å²) in [5, 5.41) is 3.88. The van der Waals surface area contributed by atoms with Gasteiger partial charge < -0.3 is 9.42 Å². The van der Waals surface area contributed by atoms with Gasteiger partial charge in [-0.15, -0.1) is 0 Å². The fourth-order valence-corrected chi connectivity index (χ4v) is 2.12. The minimum atomic E-state index is 0.126. The van der Waals surface area contributed by atoms with Crippen molar-refractivity contribution < 1.29 is 9.32 Å². The Balaban J connectivity index is 1.64. The number of aromatic nitrogens is 4. The summed E-state index contributed by atoms with van der Waals surface area (Å²) >= 11 is 0. The summed E-state index contributed by atoms with van der Waals surface area (Å²) in [6.07, 6.45) is 4.73. The first-order valence-corrected chi connectivity index (χ1v) is 6.66. The molecule has 0 unspecified atom stereocenters. The highest BCUT2D eigenvalue weighted by molar-refractivity contribution is 5.77. The Morgan fingerprint density at radius 3 is 2.80 bits per heavy atom. The van der Waals surface area contributed by atoms with E-state index in [1.165, 1.54) is 0 Å². The Bertz CT molecular complexity index is 592. The molecule has 104 valence electrons. The van der Waals surface area contributed by atoms with Crippen LogP contribution in [0.25, 0.3) is 11.6 Å². The minimum Gasteiger partial charge on any atom is -0.341 e. The molecule has 0 N–H and O–H groups in total. The van der Waals surface area contributed by atoms with Crippen LogP contribution in [0.2, 0.25) is 0 Å². The van der Waals surface area contributed by atoms with Crippen molar-refractivity contribution in [3.63, 3.8) is 0 Å². The van der Waals surface area contributed by atoms with Crippen LogP contribution in [0, 0.1) is 0 Å².